The summed E-state index contributed by atoms with van der Waals surface area (Å²) in [6.45, 7) is 2.65. The van der Waals surface area contributed by atoms with E-state index in [1.165, 1.54) is 0 Å². The van der Waals surface area contributed by atoms with Gasteiger partial charge in [-0.2, -0.15) is 0 Å². The van der Waals surface area contributed by atoms with Crippen LogP contribution in [0.25, 0.3) is 0 Å². The second-order valence-corrected chi connectivity index (χ2v) is 3.82. The number of esters is 1. The summed E-state index contributed by atoms with van der Waals surface area (Å²) in [5, 5.41) is 2.71. The third-order valence-electron chi connectivity index (χ3n) is 2.39. The van der Waals surface area contributed by atoms with Gasteiger partial charge < -0.3 is 15.8 Å². The molecule has 1 aliphatic carbocycles. The number of ether oxygens (including phenoxy) is 1. The van der Waals surface area contributed by atoms with Crippen molar-refractivity contribution in [3.05, 3.63) is 0 Å². The zero-order chi connectivity index (χ0) is 11.3. The number of carbonyl (C=O) groups is 2. The van der Waals surface area contributed by atoms with E-state index in [1.807, 2.05) is 0 Å². The molecule has 0 aromatic rings. The van der Waals surface area contributed by atoms with E-state index in [9.17, 15) is 9.59 Å². The maximum Gasteiger partial charge on any atom is 0.305 e. The normalized spacial score (nSPS) is 15.9. The van der Waals surface area contributed by atoms with Gasteiger partial charge in [-0.25, -0.2) is 0 Å². The Kier molecular flexibility index (Phi) is 6.36. The van der Waals surface area contributed by atoms with E-state index >= 15 is 0 Å². The molecule has 3 N–H and O–H groups in total. The Morgan fingerprint density at radius 3 is 2.56 bits per heavy atom. The molecule has 1 fully saturated rings. The summed E-state index contributed by atoms with van der Waals surface area (Å²) in [6.07, 6.45) is 2.46. The maximum atomic E-state index is 11.3. The topological polar surface area (TPSA) is 81.4 Å². The third kappa shape index (κ3) is 4.81. The molecule has 0 radical (unpaired) electrons. The molecular weight excluding hydrogens is 232 g/mol. The summed E-state index contributed by atoms with van der Waals surface area (Å²) in [6, 6.07) is 0. The minimum Gasteiger partial charge on any atom is -0.466 e. The van der Waals surface area contributed by atoms with E-state index in [-0.39, 0.29) is 24.3 Å². The molecule has 94 valence electrons. The molecule has 0 bridgehead atoms. The molecule has 5 nitrogen and oxygen atoms in total. The highest BCUT2D eigenvalue weighted by Gasteiger charge is 2.45. The molecule has 1 rings (SSSR count). The second kappa shape index (κ2) is 6.70. The van der Waals surface area contributed by atoms with E-state index in [4.69, 9.17) is 10.5 Å². The van der Waals surface area contributed by atoms with E-state index in [0.29, 0.717) is 26.0 Å². The molecule has 1 saturated carbocycles. The zero-order valence-electron chi connectivity index (χ0n) is 9.45. The standard InChI is InChI=1S/C10H18N2O3.ClH/c1-2-15-8(13)4-3-7-12-9(14)10(11)5-6-10;/h2-7,11H2,1H3,(H,12,14);1H. The highest BCUT2D eigenvalue weighted by molar-refractivity contribution is 5.88. The van der Waals surface area contributed by atoms with Crippen molar-refractivity contribution >= 4 is 24.3 Å². The smallest absolute Gasteiger partial charge is 0.305 e. The van der Waals surface area contributed by atoms with Gasteiger partial charge in [-0.1, -0.05) is 0 Å². The highest BCUT2D eigenvalue weighted by Crippen LogP contribution is 2.31. The van der Waals surface area contributed by atoms with Crippen LogP contribution in [0.2, 0.25) is 0 Å². The molecule has 0 saturated heterocycles. The Hall–Kier alpha value is -0.810. The van der Waals surface area contributed by atoms with Crippen LogP contribution in [0.1, 0.15) is 32.6 Å². The molecule has 6 heteroatoms. The van der Waals surface area contributed by atoms with Crippen molar-refractivity contribution in [2.24, 2.45) is 5.73 Å². The summed E-state index contributed by atoms with van der Waals surface area (Å²) in [4.78, 5) is 22.3. The van der Waals surface area contributed by atoms with Gasteiger partial charge in [-0.15, -0.1) is 12.4 Å². The number of carbonyl (C=O) groups excluding carboxylic acids is 2. The fraction of sp³-hybridized carbons (Fsp3) is 0.800. The van der Waals surface area contributed by atoms with Crippen LogP contribution >= 0.6 is 12.4 Å². The van der Waals surface area contributed by atoms with Crippen LogP contribution in [-0.2, 0) is 14.3 Å². The number of hydrogen-bond donors (Lipinski definition) is 2. The Morgan fingerprint density at radius 1 is 1.44 bits per heavy atom. The van der Waals surface area contributed by atoms with E-state index < -0.39 is 5.54 Å². The van der Waals surface area contributed by atoms with E-state index in [1.54, 1.807) is 6.92 Å². The molecule has 0 aromatic carbocycles. The predicted molar refractivity (Wildman–Crippen MR) is 62.3 cm³/mol. The minimum atomic E-state index is -0.621. The molecule has 0 unspecified atom stereocenters. The van der Waals surface area contributed by atoms with Crippen LogP contribution in [0.5, 0.6) is 0 Å². The van der Waals surface area contributed by atoms with Crippen molar-refractivity contribution in [3.63, 3.8) is 0 Å². The molecule has 0 atom stereocenters. The van der Waals surface area contributed by atoms with Crippen LogP contribution < -0.4 is 11.1 Å². The average Bonchev–Trinajstić information content (AvgIpc) is 2.93. The first-order chi connectivity index (χ1) is 7.08. The number of amides is 1. The molecule has 0 spiro atoms. The van der Waals surface area contributed by atoms with Gasteiger partial charge in [0.15, 0.2) is 0 Å². The molecule has 0 aliphatic heterocycles. The number of nitrogens with two attached hydrogens (primary N) is 1. The van der Waals surface area contributed by atoms with Gasteiger partial charge in [0.25, 0.3) is 0 Å². The molecule has 0 aromatic heterocycles. The first-order valence-electron chi connectivity index (χ1n) is 5.31. The van der Waals surface area contributed by atoms with Crippen LogP contribution in [0.3, 0.4) is 0 Å². The summed E-state index contributed by atoms with van der Waals surface area (Å²) in [5.41, 5.74) is 5.06. The highest BCUT2D eigenvalue weighted by atomic mass is 35.5. The van der Waals surface area contributed by atoms with Gasteiger partial charge in [-0.3, -0.25) is 9.59 Å². The Morgan fingerprint density at radius 2 is 2.06 bits per heavy atom. The van der Waals surface area contributed by atoms with Crippen LogP contribution in [0, 0.1) is 0 Å². The molecule has 16 heavy (non-hydrogen) atoms. The summed E-state index contributed by atoms with van der Waals surface area (Å²) in [5.74, 6) is -0.327. The lowest BCUT2D eigenvalue weighted by atomic mass is 10.2. The number of hydrogen-bond acceptors (Lipinski definition) is 4. The van der Waals surface area contributed by atoms with Crippen molar-refractivity contribution in [1.82, 2.24) is 5.32 Å². The van der Waals surface area contributed by atoms with Gasteiger partial charge in [0.1, 0.15) is 0 Å². The fourth-order valence-corrected chi connectivity index (χ4v) is 1.21. The number of halogens is 1. The van der Waals surface area contributed by atoms with Crippen molar-refractivity contribution in [2.45, 2.75) is 38.1 Å². The second-order valence-electron chi connectivity index (χ2n) is 3.82. The van der Waals surface area contributed by atoms with Gasteiger partial charge in [0.2, 0.25) is 5.91 Å². The van der Waals surface area contributed by atoms with Crippen LogP contribution in [0.15, 0.2) is 0 Å². The monoisotopic (exact) mass is 250 g/mol. The Balaban J connectivity index is 0.00000225. The Bertz CT molecular complexity index is 254. The molecule has 1 amide bonds. The van der Waals surface area contributed by atoms with Crippen LogP contribution in [0.4, 0.5) is 0 Å². The zero-order valence-corrected chi connectivity index (χ0v) is 10.3. The third-order valence-corrected chi connectivity index (χ3v) is 2.39. The van der Waals surface area contributed by atoms with E-state index in [0.717, 1.165) is 12.8 Å². The van der Waals surface area contributed by atoms with Gasteiger partial charge in [0.05, 0.1) is 12.1 Å². The van der Waals surface area contributed by atoms with Gasteiger partial charge in [0, 0.05) is 13.0 Å². The first-order valence-corrected chi connectivity index (χ1v) is 5.31. The SMILES string of the molecule is CCOC(=O)CCCNC(=O)C1(N)CC1.Cl. The lowest BCUT2D eigenvalue weighted by molar-refractivity contribution is -0.143. The molecule has 0 heterocycles. The maximum absolute atomic E-state index is 11.3. The van der Waals surface area contributed by atoms with Gasteiger partial charge >= 0.3 is 5.97 Å². The predicted octanol–water partition coefficient (Wildman–Crippen LogP) is 0.359. The fourth-order valence-electron chi connectivity index (χ4n) is 1.21. The molecular formula is C10H19ClN2O3. The average molecular weight is 251 g/mol. The van der Waals surface area contributed by atoms with Crippen LogP contribution in [-0.4, -0.2) is 30.6 Å². The quantitative estimate of drug-likeness (QED) is 0.527. The molecule has 1 aliphatic rings. The lowest BCUT2D eigenvalue weighted by Crippen LogP contribution is -2.43. The minimum absolute atomic E-state index is 0. The summed E-state index contributed by atoms with van der Waals surface area (Å²) < 4.78 is 4.75. The number of nitrogens with one attached hydrogen (secondary N) is 1. The van der Waals surface area contributed by atoms with Crippen molar-refractivity contribution in [1.29, 1.82) is 0 Å². The summed E-state index contributed by atoms with van der Waals surface area (Å²) in [7, 11) is 0. The first kappa shape index (κ1) is 15.2. The van der Waals surface area contributed by atoms with Crippen molar-refractivity contribution in [3.8, 4) is 0 Å². The van der Waals surface area contributed by atoms with E-state index in [2.05, 4.69) is 5.32 Å². The summed E-state index contributed by atoms with van der Waals surface area (Å²) >= 11 is 0. The lowest BCUT2D eigenvalue weighted by Gasteiger charge is -2.09. The largest absolute Gasteiger partial charge is 0.466 e. The van der Waals surface area contributed by atoms with Crippen molar-refractivity contribution in [2.75, 3.05) is 13.2 Å². The van der Waals surface area contributed by atoms with Gasteiger partial charge in [-0.05, 0) is 26.2 Å². The Labute approximate surface area is 101 Å². The van der Waals surface area contributed by atoms with Crippen molar-refractivity contribution < 1.29 is 14.3 Å². The number of rotatable bonds is 6.